The number of carbonyl (C=O) groups excluding carboxylic acids is 3. The van der Waals surface area contributed by atoms with Crippen molar-refractivity contribution in [2.45, 2.75) is 85.3 Å². The molecule has 9 heteroatoms. The molecule has 1 aliphatic rings. The highest BCUT2D eigenvalue weighted by Crippen LogP contribution is 2.28. The van der Waals surface area contributed by atoms with Gasteiger partial charge in [0, 0.05) is 77.5 Å². The third-order valence-electron chi connectivity index (χ3n) is 9.81. The second-order valence-electron chi connectivity index (χ2n) is 15.8. The maximum Gasteiger partial charge on any atom is 0.411 e. The summed E-state index contributed by atoms with van der Waals surface area (Å²) in [5.74, 6) is 0.266. The van der Waals surface area contributed by atoms with Crippen LogP contribution in [0.5, 0.6) is 0 Å². The Bertz CT molecular complexity index is 1560. The lowest BCUT2D eigenvalue weighted by molar-refractivity contribution is -0.130. The maximum absolute atomic E-state index is 12.9. The van der Waals surface area contributed by atoms with Crippen LogP contribution in [-0.4, -0.2) is 104 Å². The molecule has 3 aromatic rings. The summed E-state index contributed by atoms with van der Waals surface area (Å²) in [6.45, 7) is 15.6. The predicted molar refractivity (Wildman–Crippen MR) is 216 cm³/mol. The second kappa shape index (κ2) is 20.9. The van der Waals surface area contributed by atoms with Gasteiger partial charge in [-0.2, -0.15) is 0 Å². The number of para-hydroxylation sites is 1. The number of ether oxygens (including phenoxy) is 1. The van der Waals surface area contributed by atoms with Crippen LogP contribution in [0.2, 0.25) is 0 Å². The van der Waals surface area contributed by atoms with Gasteiger partial charge in [-0.25, -0.2) is 4.79 Å². The number of hydrogen-bond donors (Lipinski definition) is 1. The first-order chi connectivity index (χ1) is 25.4. The minimum absolute atomic E-state index is 0.0699. The molecule has 0 saturated carbocycles. The highest BCUT2D eigenvalue weighted by Gasteiger charge is 2.24. The number of likely N-dealkylation sites (N-methyl/N-ethyl adjacent to an activating group) is 1. The Kier molecular flexibility index (Phi) is 16.4. The van der Waals surface area contributed by atoms with Gasteiger partial charge in [0.05, 0.1) is 5.69 Å². The summed E-state index contributed by atoms with van der Waals surface area (Å²) in [5.41, 5.74) is 4.85. The summed E-state index contributed by atoms with van der Waals surface area (Å²) in [6, 6.07) is 25.8. The van der Waals surface area contributed by atoms with Crippen molar-refractivity contribution in [3.63, 3.8) is 0 Å². The molecule has 3 aromatic carbocycles. The number of benzene rings is 3. The number of unbranched alkanes of at least 4 members (excludes halogenated alkanes) is 2. The summed E-state index contributed by atoms with van der Waals surface area (Å²) in [7, 11) is 3.76. The Hall–Kier alpha value is -4.21. The maximum atomic E-state index is 12.9. The van der Waals surface area contributed by atoms with E-state index in [1.54, 1.807) is 4.90 Å². The van der Waals surface area contributed by atoms with Crippen LogP contribution in [-0.2, 0) is 16.1 Å². The van der Waals surface area contributed by atoms with E-state index in [4.69, 9.17) is 4.74 Å². The van der Waals surface area contributed by atoms with Gasteiger partial charge < -0.3 is 19.4 Å². The molecular weight excluding hydrogens is 663 g/mol. The number of nitrogens with zero attached hydrogens (tertiary/aromatic N) is 4. The van der Waals surface area contributed by atoms with Crippen molar-refractivity contribution in [2.24, 2.45) is 5.41 Å². The number of nitrogens with one attached hydrogen (secondary N) is 1. The van der Waals surface area contributed by atoms with E-state index < -0.39 is 6.09 Å². The normalized spacial score (nSPS) is 13.9. The van der Waals surface area contributed by atoms with E-state index in [9.17, 15) is 14.4 Å². The zero-order chi connectivity index (χ0) is 38.2. The van der Waals surface area contributed by atoms with E-state index in [1.165, 1.54) is 5.56 Å². The first-order valence-electron chi connectivity index (χ1n) is 19.6. The molecule has 1 fully saturated rings. The average Bonchev–Trinajstić information content (AvgIpc) is 3.14. The van der Waals surface area contributed by atoms with Gasteiger partial charge in [0.1, 0.15) is 6.10 Å². The van der Waals surface area contributed by atoms with E-state index in [2.05, 4.69) is 54.9 Å². The molecule has 0 aliphatic carbocycles. The fourth-order valence-corrected chi connectivity index (χ4v) is 6.95. The number of hydrogen-bond acceptors (Lipinski definition) is 6. The van der Waals surface area contributed by atoms with Crippen molar-refractivity contribution < 1.29 is 19.1 Å². The Balaban J connectivity index is 1.11. The van der Waals surface area contributed by atoms with Gasteiger partial charge in [0.15, 0.2) is 0 Å². The van der Waals surface area contributed by atoms with Crippen LogP contribution in [0.1, 0.15) is 88.6 Å². The number of likely N-dealkylation sites (tertiary alicyclic amines) is 1. The fourth-order valence-electron chi connectivity index (χ4n) is 6.95. The second-order valence-corrected chi connectivity index (χ2v) is 15.8. The fraction of sp³-hybridized carbons (Fsp3) is 0.523. The lowest BCUT2D eigenvalue weighted by Gasteiger charge is -2.32. The Morgan fingerprint density at radius 3 is 2.17 bits per heavy atom. The van der Waals surface area contributed by atoms with Gasteiger partial charge in [-0.15, -0.1) is 0 Å². The molecule has 0 unspecified atom stereocenters. The van der Waals surface area contributed by atoms with Gasteiger partial charge >= 0.3 is 6.09 Å². The third-order valence-corrected chi connectivity index (χ3v) is 9.81. The standard InChI is InChI=1S/C44H63N5O4/c1-7-27-47(6)42(51)37-23-21-35(22-24-37)33-49(34-44(2,3)4)28-15-9-12-20-41(50)46(5)31-32-48-29-25-38(26-30-48)53-43(52)45-40-19-14-13-18-39(40)36-16-10-8-11-17-36/h8,10-11,13-14,16-19,21-24,38H,7,9,12,15,20,25-34H2,1-6H3,(H,45,52). The van der Waals surface area contributed by atoms with Gasteiger partial charge in [0.2, 0.25) is 5.91 Å². The lowest BCUT2D eigenvalue weighted by atomic mass is 9.95. The predicted octanol–water partition coefficient (Wildman–Crippen LogP) is 8.42. The smallest absolute Gasteiger partial charge is 0.411 e. The molecule has 1 saturated heterocycles. The van der Waals surface area contributed by atoms with Crippen molar-refractivity contribution in [1.29, 1.82) is 0 Å². The number of amides is 3. The minimum atomic E-state index is -0.422. The largest absolute Gasteiger partial charge is 0.446 e. The van der Waals surface area contributed by atoms with Crippen LogP contribution < -0.4 is 5.32 Å². The van der Waals surface area contributed by atoms with Gasteiger partial charge in [-0.05, 0) is 73.4 Å². The van der Waals surface area contributed by atoms with Gasteiger partial charge in [-0.1, -0.05) is 94.8 Å². The highest BCUT2D eigenvalue weighted by molar-refractivity contribution is 5.94. The molecule has 288 valence electrons. The van der Waals surface area contributed by atoms with E-state index in [-0.39, 0.29) is 23.3 Å². The van der Waals surface area contributed by atoms with E-state index >= 15 is 0 Å². The number of rotatable bonds is 18. The van der Waals surface area contributed by atoms with Crippen molar-refractivity contribution >= 4 is 23.6 Å². The van der Waals surface area contributed by atoms with Crippen molar-refractivity contribution in [3.8, 4) is 11.1 Å². The van der Waals surface area contributed by atoms with Crippen LogP contribution >= 0.6 is 0 Å². The molecule has 0 radical (unpaired) electrons. The minimum Gasteiger partial charge on any atom is -0.446 e. The Morgan fingerprint density at radius 1 is 0.811 bits per heavy atom. The van der Waals surface area contributed by atoms with Crippen molar-refractivity contribution in [2.75, 3.05) is 65.2 Å². The molecule has 0 aromatic heterocycles. The summed E-state index contributed by atoms with van der Waals surface area (Å²) in [6.07, 6.45) is 5.46. The zero-order valence-electron chi connectivity index (χ0n) is 33.1. The van der Waals surface area contributed by atoms with Gasteiger partial charge in [0.25, 0.3) is 5.91 Å². The SMILES string of the molecule is CCCN(C)C(=O)c1ccc(CN(CCCCCC(=O)N(C)CCN2CCC(OC(=O)Nc3ccccc3-c3ccccc3)CC2)CC(C)(C)C)cc1. The van der Waals surface area contributed by atoms with Crippen molar-refractivity contribution in [3.05, 3.63) is 90.0 Å². The molecule has 53 heavy (non-hydrogen) atoms. The Morgan fingerprint density at radius 2 is 1.49 bits per heavy atom. The highest BCUT2D eigenvalue weighted by atomic mass is 16.6. The molecule has 0 spiro atoms. The summed E-state index contributed by atoms with van der Waals surface area (Å²) < 4.78 is 5.80. The first-order valence-corrected chi connectivity index (χ1v) is 19.6. The van der Waals surface area contributed by atoms with Crippen LogP contribution in [0.4, 0.5) is 10.5 Å². The summed E-state index contributed by atoms with van der Waals surface area (Å²) in [5, 5.41) is 2.95. The Labute approximate surface area is 318 Å². The lowest BCUT2D eigenvalue weighted by Crippen LogP contribution is -2.42. The topological polar surface area (TPSA) is 85.4 Å². The van der Waals surface area contributed by atoms with Crippen LogP contribution in [0.3, 0.4) is 0 Å². The average molecular weight is 726 g/mol. The number of anilines is 1. The van der Waals surface area contributed by atoms with E-state index in [0.717, 1.165) is 107 Å². The zero-order valence-corrected chi connectivity index (χ0v) is 33.1. The van der Waals surface area contributed by atoms with E-state index in [1.807, 2.05) is 85.7 Å². The molecule has 1 N–H and O–H groups in total. The molecule has 0 atom stereocenters. The quantitative estimate of drug-likeness (QED) is 0.133. The molecule has 0 bridgehead atoms. The van der Waals surface area contributed by atoms with Crippen molar-refractivity contribution in [1.82, 2.24) is 19.6 Å². The third kappa shape index (κ3) is 14.3. The monoisotopic (exact) mass is 725 g/mol. The van der Waals surface area contributed by atoms with Crippen LogP contribution in [0, 0.1) is 5.41 Å². The summed E-state index contributed by atoms with van der Waals surface area (Å²) >= 11 is 0. The molecule has 9 nitrogen and oxygen atoms in total. The molecule has 1 heterocycles. The molecular formula is C44H63N5O4. The van der Waals surface area contributed by atoms with Crippen LogP contribution in [0.15, 0.2) is 78.9 Å². The van der Waals surface area contributed by atoms with E-state index in [0.29, 0.717) is 13.0 Å². The van der Waals surface area contributed by atoms with Crippen LogP contribution in [0.25, 0.3) is 11.1 Å². The van der Waals surface area contributed by atoms with Gasteiger partial charge in [-0.3, -0.25) is 19.8 Å². The number of carbonyl (C=O) groups is 3. The molecule has 3 amide bonds. The number of piperidine rings is 1. The summed E-state index contributed by atoms with van der Waals surface area (Å²) in [4.78, 5) is 46.9. The molecule has 4 rings (SSSR count). The molecule has 1 aliphatic heterocycles. The first kappa shape index (κ1) is 41.5.